The molecule has 0 fully saturated rings. The van der Waals surface area contributed by atoms with Crippen molar-refractivity contribution in [3.63, 3.8) is 0 Å². The fraction of sp³-hybridized carbons (Fsp3) is 0.222. The Balaban J connectivity index is 1.72. The number of carbonyl (C=O) groups is 3. The Kier molecular flexibility index (Phi) is 10.3. The highest BCUT2D eigenvalue weighted by Gasteiger charge is 2.07. The van der Waals surface area contributed by atoms with Gasteiger partial charge in [-0.15, -0.1) is 0 Å². The topological polar surface area (TPSA) is 88.1 Å². The molecule has 0 saturated heterocycles. The first-order chi connectivity index (χ1) is 16.3. The molecule has 0 saturated carbocycles. The molecule has 0 radical (unpaired) electrons. The molecule has 0 atom stereocenters. The largest absolute Gasteiger partial charge is 0.494 e. The van der Waals surface area contributed by atoms with Gasteiger partial charge in [-0.1, -0.05) is 25.3 Å². The quantitative estimate of drug-likeness (QED) is 0.139. The number of esters is 3. The first-order valence-corrected chi connectivity index (χ1v) is 10.7. The van der Waals surface area contributed by atoms with E-state index in [1.54, 1.807) is 68.5 Å². The van der Waals surface area contributed by atoms with Gasteiger partial charge in [-0.25, -0.2) is 14.4 Å². The lowest BCUT2D eigenvalue weighted by atomic mass is 10.2. The molecule has 2 rings (SSSR count). The summed E-state index contributed by atoms with van der Waals surface area (Å²) in [5.41, 5.74) is 1.84. The van der Waals surface area contributed by atoms with Crippen molar-refractivity contribution in [2.45, 2.75) is 26.7 Å². The van der Waals surface area contributed by atoms with Crippen LogP contribution in [0.3, 0.4) is 0 Å². The van der Waals surface area contributed by atoms with Crippen LogP contribution in [-0.4, -0.2) is 31.1 Å². The fourth-order valence-electron chi connectivity index (χ4n) is 2.45. The van der Waals surface area contributed by atoms with Crippen LogP contribution in [0.1, 0.15) is 42.6 Å². The van der Waals surface area contributed by atoms with Gasteiger partial charge in [0.15, 0.2) is 0 Å². The maximum atomic E-state index is 12.2. The van der Waals surface area contributed by atoms with Crippen LogP contribution in [0.2, 0.25) is 0 Å². The summed E-state index contributed by atoms with van der Waals surface area (Å²) in [7, 11) is 0. The van der Waals surface area contributed by atoms with Gasteiger partial charge in [0.2, 0.25) is 0 Å². The van der Waals surface area contributed by atoms with Crippen molar-refractivity contribution < 1.29 is 33.3 Å². The van der Waals surface area contributed by atoms with Gasteiger partial charge in [0, 0.05) is 11.1 Å². The molecular formula is C27H28O7. The van der Waals surface area contributed by atoms with Crippen LogP contribution in [0.15, 0.2) is 79.1 Å². The van der Waals surface area contributed by atoms with E-state index in [2.05, 4.69) is 13.2 Å². The number of hydrogen-bond acceptors (Lipinski definition) is 7. The minimum absolute atomic E-state index is 0.314. The van der Waals surface area contributed by atoms with Crippen molar-refractivity contribution in [3.8, 4) is 11.5 Å². The average molecular weight is 465 g/mol. The van der Waals surface area contributed by atoms with Gasteiger partial charge < -0.3 is 18.9 Å². The average Bonchev–Trinajstić information content (AvgIpc) is 2.82. The normalized spacial score (nSPS) is 10.4. The second-order valence-corrected chi connectivity index (χ2v) is 7.44. The molecule has 0 amide bonds. The highest BCUT2D eigenvalue weighted by Crippen LogP contribution is 2.16. The monoisotopic (exact) mass is 464 g/mol. The van der Waals surface area contributed by atoms with Crippen molar-refractivity contribution in [2.24, 2.45) is 0 Å². The van der Waals surface area contributed by atoms with Crippen LogP contribution in [0.4, 0.5) is 0 Å². The molecule has 34 heavy (non-hydrogen) atoms. The lowest BCUT2D eigenvalue weighted by Crippen LogP contribution is -2.07. The van der Waals surface area contributed by atoms with E-state index in [9.17, 15) is 14.4 Å². The maximum absolute atomic E-state index is 12.2. The molecule has 0 aromatic heterocycles. The summed E-state index contributed by atoms with van der Waals surface area (Å²) >= 11 is 0. The van der Waals surface area contributed by atoms with E-state index in [4.69, 9.17) is 18.9 Å². The standard InChI is InChI=1S/C27H28O7/c1-19(2)25(28)32-17-6-5-16-31-23-13-9-22(10-14-23)27(30)33-18-15-21-7-11-24(12-8-21)34-26(29)20(3)4/h7-15,18H,1,3,5-6,16-17H2,2,4H3/b18-15+. The van der Waals surface area contributed by atoms with Crippen LogP contribution in [0, 0.1) is 0 Å². The zero-order valence-electron chi connectivity index (χ0n) is 19.4. The van der Waals surface area contributed by atoms with Crippen LogP contribution < -0.4 is 9.47 Å². The predicted molar refractivity (Wildman–Crippen MR) is 128 cm³/mol. The van der Waals surface area contributed by atoms with E-state index in [-0.39, 0.29) is 0 Å². The Labute approximate surface area is 199 Å². The van der Waals surface area contributed by atoms with E-state index in [1.165, 1.54) is 6.26 Å². The molecule has 0 aliphatic heterocycles. The summed E-state index contributed by atoms with van der Waals surface area (Å²) in [4.78, 5) is 35.0. The third-order valence-corrected chi connectivity index (χ3v) is 4.35. The van der Waals surface area contributed by atoms with Crippen LogP contribution in [0.5, 0.6) is 11.5 Å². The first-order valence-electron chi connectivity index (χ1n) is 10.7. The lowest BCUT2D eigenvalue weighted by Gasteiger charge is -2.07. The van der Waals surface area contributed by atoms with Crippen molar-refractivity contribution in [1.82, 2.24) is 0 Å². The highest BCUT2D eigenvalue weighted by molar-refractivity contribution is 5.90. The molecule has 0 unspecified atom stereocenters. The smallest absolute Gasteiger partial charge is 0.342 e. The number of carbonyl (C=O) groups excluding carboxylic acids is 3. The predicted octanol–water partition coefficient (Wildman–Crippen LogP) is 5.27. The summed E-state index contributed by atoms with van der Waals surface area (Å²) in [6.45, 7) is 11.0. The zero-order valence-corrected chi connectivity index (χ0v) is 19.4. The van der Waals surface area contributed by atoms with Gasteiger partial charge in [0.05, 0.1) is 25.0 Å². The van der Waals surface area contributed by atoms with E-state index in [1.807, 2.05) is 0 Å². The van der Waals surface area contributed by atoms with Gasteiger partial charge in [-0.05, 0) is 74.7 Å². The molecule has 0 heterocycles. The van der Waals surface area contributed by atoms with Crippen LogP contribution in [0.25, 0.3) is 6.08 Å². The Morgan fingerprint density at radius 2 is 1.38 bits per heavy atom. The number of rotatable bonds is 12. The summed E-state index contributed by atoms with van der Waals surface area (Å²) < 4.78 is 20.9. The van der Waals surface area contributed by atoms with Gasteiger partial charge in [0.25, 0.3) is 0 Å². The van der Waals surface area contributed by atoms with E-state index in [0.29, 0.717) is 47.8 Å². The van der Waals surface area contributed by atoms with Gasteiger partial charge in [0.1, 0.15) is 11.5 Å². The van der Waals surface area contributed by atoms with Crippen molar-refractivity contribution >= 4 is 24.0 Å². The summed E-state index contributed by atoms with van der Waals surface area (Å²) in [5.74, 6) is -0.365. The fourth-order valence-corrected chi connectivity index (χ4v) is 2.45. The number of ether oxygens (including phenoxy) is 4. The minimum atomic E-state index is -0.505. The molecule has 0 aliphatic carbocycles. The van der Waals surface area contributed by atoms with E-state index < -0.39 is 17.9 Å². The number of hydrogen-bond donors (Lipinski definition) is 0. The molecule has 0 spiro atoms. The SMILES string of the molecule is C=C(C)C(=O)OCCCCOc1ccc(C(=O)O/C=C/c2ccc(OC(=O)C(=C)C)cc2)cc1. The molecule has 2 aromatic carbocycles. The molecule has 7 heteroatoms. The highest BCUT2D eigenvalue weighted by atomic mass is 16.5. The van der Waals surface area contributed by atoms with Gasteiger partial charge in [-0.3, -0.25) is 0 Å². The van der Waals surface area contributed by atoms with Crippen molar-refractivity contribution in [1.29, 1.82) is 0 Å². The van der Waals surface area contributed by atoms with E-state index in [0.717, 1.165) is 12.0 Å². The minimum Gasteiger partial charge on any atom is -0.494 e. The van der Waals surface area contributed by atoms with Gasteiger partial charge in [-0.2, -0.15) is 0 Å². The molecule has 7 nitrogen and oxygen atoms in total. The molecule has 178 valence electrons. The molecule has 0 N–H and O–H groups in total. The molecule has 0 aliphatic rings. The van der Waals surface area contributed by atoms with Crippen LogP contribution >= 0.6 is 0 Å². The Morgan fingerprint density at radius 1 is 0.794 bits per heavy atom. The second kappa shape index (κ2) is 13.4. The maximum Gasteiger partial charge on any atom is 0.342 e. The zero-order chi connectivity index (χ0) is 24.9. The van der Waals surface area contributed by atoms with Crippen molar-refractivity contribution in [2.75, 3.05) is 13.2 Å². The molecule has 0 bridgehead atoms. The molecule has 2 aromatic rings. The third kappa shape index (κ3) is 9.16. The molecular weight excluding hydrogens is 436 g/mol. The third-order valence-electron chi connectivity index (χ3n) is 4.35. The Bertz CT molecular complexity index is 1050. The summed E-state index contributed by atoms with van der Waals surface area (Å²) in [6.07, 6.45) is 4.31. The number of unbranched alkanes of at least 4 members (excludes halogenated alkanes) is 1. The number of benzene rings is 2. The van der Waals surface area contributed by atoms with E-state index >= 15 is 0 Å². The Hall–Kier alpha value is -4.13. The summed E-state index contributed by atoms with van der Waals surface area (Å²) in [6, 6.07) is 13.3. The van der Waals surface area contributed by atoms with Crippen molar-refractivity contribution in [3.05, 3.63) is 90.2 Å². The van der Waals surface area contributed by atoms with Crippen LogP contribution in [-0.2, 0) is 19.1 Å². The van der Waals surface area contributed by atoms with Gasteiger partial charge >= 0.3 is 17.9 Å². The lowest BCUT2D eigenvalue weighted by molar-refractivity contribution is -0.139. The summed E-state index contributed by atoms with van der Waals surface area (Å²) in [5, 5.41) is 0. The Morgan fingerprint density at radius 3 is 2.00 bits per heavy atom. The first kappa shape index (κ1) is 26.1. The second-order valence-electron chi connectivity index (χ2n) is 7.44.